The normalized spacial score (nSPS) is 14.5. The Labute approximate surface area is 632 Å². The lowest BCUT2D eigenvalue weighted by molar-refractivity contribution is -0.161. The lowest BCUT2D eigenvalue weighted by Gasteiger charge is -2.21. The van der Waals surface area contributed by atoms with Crippen molar-refractivity contribution in [3.63, 3.8) is 0 Å². The molecule has 0 aliphatic heterocycles. The molecular weight excluding hydrogens is 1340 g/mol. The van der Waals surface area contributed by atoms with E-state index in [-0.39, 0.29) is 25.7 Å². The third kappa shape index (κ3) is 75.3. The highest BCUT2D eigenvalue weighted by molar-refractivity contribution is 7.47. The van der Waals surface area contributed by atoms with Crippen LogP contribution in [0.2, 0.25) is 0 Å². The molecule has 0 radical (unpaired) electrons. The van der Waals surface area contributed by atoms with Crippen LogP contribution in [-0.4, -0.2) is 96.7 Å². The van der Waals surface area contributed by atoms with Gasteiger partial charge in [0.25, 0.3) is 0 Å². The minimum atomic E-state index is -4.97. The molecule has 0 heterocycles. The molecule has 3 N–H and O–H groups in total. The summed E-state index contributed by atoms with van der Waals surface area (Å²) in [5.41, 5.74) is 0. The summed E-state index contributed by atoms with van der Waals surface area (Å²) in [4.78, 5) is 73.2. The average Bonchev–Trinajstić information content (AvgIpc) is 0.921. The van der Waals surface area contributed by atoms with Crippen LogP contribution < -0.4 is 0 Å². The van der Waals surface area contributed by atoms with Crippen molar-refractivity contribution in [3.05, 3.63) is 0 Å². The number of rotatable bonds is 81. The number of phosphoric ester groups is 2. The first-order valence-corrected chi connectivity index (χ1v) is 46.3. The van der Waals surface area contributed by atoms with E-state index >= 15 is 0 Å². The maximum Gasteiger partial charge on any atom is 0.472 e. The van der Waals surface area contributed by atoms with Crippen molar-refractivity contribution >= 4 is 39.5 Å². The topological polar surface area (TPSA) is 237 Å². The molecule has 103 heavy (non-hydrogen) atoms. The monoisotopic (exact) mass is 1510 g/mol. The first-order valence-electron chi connectivity index (χ1n) is 43.3. The maximum atomic E-state index is 13.1. The molecule has 0 fully saturated rings. The van der Waals surface area contributed by atoms with Crippen LogP contribution in [0.4, 0.5) is 0 Å². The minimum Gasteiger partial charge on any atom is -0.462 e. The van der Waals surface area contributed by atoms with Crippen molar-refractivity contribution in [2.24, 2.45) is 23.7 Å². The molecule has 0 aromatic carbocycles. The summed E-state index contributed by atoms with van der Waals surface area (Å²) in [7, 11) is -9.93. The van der Waals surface area contributed by atoms with Crippen LogP contribution in [0.3, 0.4) is 0 Å². The first kappa shape index (κ1) is 101. The number of aliphatic hydroxyl groups is 1. The molecule has 0 spiro atoms. The summed E-state index contributed by atoms with van der Waals surface area (Å²) in [5, 5.41) is 10.7. The molecule has 0 aliphatic carbocycles. The quantitative estimate of drug-likeness (QED) is 0.0222. The SMILES string of the molecule is CCC(C)CCCCCCCCCCCCCCCCC(=O)OC[C@H](COP(=O)(O)OC[C@@H](O)COP(=O)(O)OC[C@@H](COC(=O)CCCCCCCCCCCC(C)C)OC(=O)CCCCCCCCCCCCCCC(C)C)OC(=O)CCCCCCCCCCCCCCCCC(C)CC. The van der Waals surface area contributed by atoms with Gasteiger partial charge in [-0.2, -0.15) is 0 Å². The molecule has 0 bridgehead atoms. The summed E-state index contributed by atoms with van der Waals surface area (Å²) in [5.74, 6) is 1.11. The van der Waals surface area contributed by atoms with Gasteiger partial charge in [0.2, 0.25) is 0 Å². The molecular formula is C84H164O17P2. The molecule has 612 valence electrons. The summed E-state index contributed by atoms with van der Waals surface area (Å²) < 4.78 is 68.9. The van der Waals surface area contributed by atoms with Crippen molar-refractivity contribution in [1.29, 1.82) is 0 Å². The van der Waals surface area contributed by atoms with Gasteiger partial charge in [-0.05, 0) is 49.4 Å². The Morgan fingerprint density at radius 2 is 0.466 bits per heavy atom. The number of hydrogen-bond donors (Lipinski definition) is 3. The number of hydrogen-bond acceptors (Lipinski definition) is 15. The van der Waals surface area contributed by atoms with E-state index in [1.807, 2.05) is 0 Å². The molecule has 17 nitrogen and oxygen atoms in total. The molecule has 19 heteroatoms. The summed E-state index contributed by atoms with van der Waals surface area (Å²) in [6, 6.07) is 0. The molecule has 4 unspecified atom stereocenters. The van der Waals surface area contributed by atoms with Gasteiger partial charge in [-0.3, -0.25) is 37.3 Å². The first-order chi connectivity index (χ1) is 49.7. The van der Waals surface area contributed by atoms with Gasteiger partial charge in [0.15, 0.2) is 12.2 Å². The average molecular weight is 1510 g/mol. The lowest BCUT2D eigenvalue weighted by atomic mass is 9.99. The van der Waals surface area contributed by atoms with Crippen molar-refractivity contribution in [2.45, 2.75) is 453 Å². The van der Waals surface area contributed by atoms with Crippen molar-refractivity contribution < 1.29 is 80.2 Å². The standard InChI is InChI=1S/C84H164O17P2/c1-9-76(7)62-54-46-38-30-22-15-11-13-17-24-32-40-48-56-64-81(86)94-70-79(100-83(88)66-58-50-42-33-25-18-14-12-16-23-31-39-47-55-63-77(8)10-2)72-98-102(90,91)96-68-78(85)69-97-103(92,93)99-73-80(71-95-82(87)65-57-49-41-35-27-29-37-45-53-61-75(5)6)101-84(89)67-59-51-43-34-26-20-19-21-28-36-44-52-60-74(3)4/h74-80,85H,9-73H2,1-8H3,(H,90,91)(H,92,93)/t76?,77?,78-,79-,80-/m1/s1. The van der Waals surface area contributed by atoms with Gasteiger partial charge in [0.1, 0.15) is 19.3 Å². The van der Waals surface area contributed by atoms with E-state index in [2.05, 4.69) is 55.4 Å². The summed E-state index contributed by atoms with van der Waals surface area (Å²) in [6.45, 7) is 14.4. The summed E-state index contributed by atoms with van der Waals surface area (Å²) in [6.07, 6.45) is 60.8. The Morgan fingerprint density at radius 3 is 0.689 bits per heavy atom. The lowest BCUT2D eigenvalue weighted by Crippen LogP contribution is -2.30. The maximum absolute atomic E-state index is 13.1. The van der Waals surface area contributed by atoms with Gasteiger partial charge in [0, 0.05) is 25.7 Å². The second-order valence-corrected chi connectivity index (χ2v) is 34.6. The van der Waals surface area contributed by atoms with E-state index in [4.69, 9.17) is 37.0 Å². The molecule has 0 amide bonds. The van der Waals surface area contributed by atoms with Crippen LogP contribution in [0.1, 0.15) is 434 Å². The van der Waals surface area contributed by atoms with E-state index in [1.54, 1.807) is 0 Å². The molecule has 0 rings (SSSR count). The van der Waals surface area contributed by atoms with Crippen molar-refractivity contribution in [2.75, 3.05) is 39.6 Å². The fourth-order valence-corrected chi connectivity index (χ4v) is 14.5. The number of aliphatic hydroxyl groups excluding tert-OH is 1. The third-order valence-corrected chi connectivity index (χ3v) is 22.2. The highest BCUT2D eigenvalue weighted by atomic mass is 31.2. The number of esters is 4. The highest BCUT2D eigenvalue weighted by Gasteiger charge is 2.30. The number of phosphoric acid groups is 2. The van der Waals surface area contributed by atoms with E-state index in [1.165, 1.54) is 238 Å². The van der Waals surface area contributed by atoms with Gasteiger partial charge < -0.3 is 33.8 Å². The second kappa shape index (κ2) is 72.9. The zero-order valence-electron chi connectivity index (χ0n) is 68.0. The van der Waals surface area contributed by atoms with Gasteiger partial charge in [-0.15, -0.1) is 0 Å². The number of carbonyl (C=O) groups is 4. The van der Waals surface area contributed by atoms with Crippen LogP contribution in [0, 0.1) is 23.7 Å². The number of unbranched alkanes of at least 4 members (excludes halogenated alkanes) is 45. The molecule has 7 atom stereocenters. The smallest absolute Gasteiger partial charge is 0.462 e. The molecule has 0 aromatic heterocycles. The van der Waals surface area contributed by atoms with Crippen molar-refractivity contribution in [1.82, 2.24) is 0 Å². The number of ether oxygens (including phenoxy) is 4. The van der Waals surface area contributed by atoms with Crippen LogP contribution in [-0.2, 0) is 65.4 Å². The predicted octanol–water partition coefficient (Wildman–Crippen LogP) is 25.2. The van der Waals surface area contributed by atoms with Crippen LogP contribution in [0.25, 0.3) is 0 Å². The molecule has 0 aliphatic rings. The molecule has 0 aromatic rings. The fraction of sp³-hybridized carbons (Fsp3) is 0.952. The Kier molecular flexibility index (Phi) is 71.5. The molecule has 0 saturated heterocycles. The minimum absolute atomic E-state index is 0.106. The number of carbonyl (C=O) groups excluding carboxylic acids is 4. The largest absolute Gasteiger partial charge is 0.472 e. The zero-order valence-corrected chi connectivity index (χ0v) is 69.7. The van der Waals surface area contributed by atoms with E-state index in [0.717, 1.165) is 114 Å². The fourth-order valence-electron chi connectivity index (χ4n) is 12.9. The van der Waals surface area contributed by atoms with Gasteiger partial charge in [-0.25, -0.2) is 9.13 Å². The summed E-state index contributed by atoms with van der Waals surface area (Å²) >= 11 is 0. The Hall–Kier alpha value is -1.94. The van der Waals surface area contributed by atoms with Crippen LogP contribution in [0.15, 0.2) is 0 Å². The predicted molar refractivity (Wildman–Crippen MR) is 423 cm³/mol. The third-order valence-electron chi connectivity index (χ3n) is 20.3. The van der Waals surface area contributed by atoms with Gasteiger partial charge in [-0.1, -0.05) is 383 Å². The van der Waals surface area contributed by atoms with Gasteiger partial charge in [0.05, 0.1) is 26.4 Å². The Morgan fingerprint density at radius 1 is 0.272 bits per heavy atom. The molecule has 0 saturated carbocycles. The highest BCUT2D eigenvalue weighted by Crippen LogP contribution is 2.45. The van der Waals surface area contributed by atoms with Crippen LogP contribution in [0.5, 0.6) is 0 Å². The van der Waals surface area contributed by atoms with Crippen molar-refractivity contribution in [3.8, 4) is 0 Å². The van der Waals surface area contributed by atoms with E-state index in [9.17, 15) is 43.2 Å². The second-order valence-electron chi connectivity index (χ2n) is 31.7. The Balaban J connectivity index is 5.27. The van der Waals surface area contributed by atoms with E-state index in [0.29, 0.717) is 25.7 Å². The van der Waals surface area contributed by atoms with Gasteiger partial charge >= 0.3 is 39.5 Å². The van der Waals surface area contributed by atoms with Crippen LogP contribution >= 0.6 is 15.6 Å². The zero-order chi connectivity index (χ0) is 76.0. The van der Waals surface area contributed by atoms with E-state index < -0.39 is 97.5 Å². The Bertz CT molecular complexity index is 2010.